The molecule has 0 aliphatic heterocycles. The van der Waals surface area contributed by atoms with Crippen LogP contribution in [0.15, 0.2) is 42.6 Å². The van der Waals surface area contributed by atoms with Crippen LogP contribution in [0.3, 0.4) is 0 Å². The van der Waals surface area contributed by atoms with Gasteiger partial charge in [0.1, 0.15) is 12.4 Å². The van der Waals surface area contributed by atoms with Crippen LogP contribution in [0.1, 0.15) is 31.0 Å². The number of hydrogen-bond donors (Lipinski definition) is 5. The highest BCUT2D eigenvalue weighted by atomic mass is 16.5. The number of aliphatic hydroxyl groups excluding tert-OH is 1. The summed E-state index contributed by atoms with van der Waals surface area (Å²) < 4.78 is 5.11. The van der Waals surface area contributed by atoms with E-state index in [1.807, 2.05) is 37.3 Å². The van der Waals surface area contributed by atoms with Gasteiger partial charge in [0, 0.05) is 18.0 Å². The average molecular weight is 357 g/mol. The molecule has 26 heavy (non-hydrogen) atoms. The van der Waals surface area contributed by atoms with E-state index < -0.39 is 12.1 Å². The number of anilines is 2. The number of carbonyl (C=O) groups is 1. The second-order valence-electron chi connectivity index (χ2n) is 5.88. The van der Waals surface area contributed by atoms with Crippen LogP contribution < -0.4 is 16.4 Å². The van der Waals surface area contributed by atoms with Gasteiger partial charge >= 0.3 is 6.03 Å². The molecule has 0 saturated heterocycles. The Kier molecular flexibility index (Phi) is 6.51. The first-order valence-corrected chi connectivity index (χ1v) is 8.14. The minimum atomic E-state index is -0.694. The molecule has 2 amide bonds. The SMILES string of the molecule is C[C@H](O)COC(=N)c1cnc(NC(=O)N[C@H](C)c2ccccc2)cc1N. The monoisotopic (exact) mass is 357 g/mol. The minimum Gasteiger partial charge on any atom is -0.475 e. The number of rotatable bonds is 6. The molecule has 2 atom stereocenters. The van der Waals surface area contributed by atoms with E-state index in [4.69, 9.17) is 15.9 Å². The van der Waals surface area contributed by atoms with Crippen molar-refractivity contribution >= 4 is 23.4 Å². The van der Waals surface area contributed by atoms with Gasteiger partial charge in [-0.25, -0.2) is 9.78 Å². The Bertz CT molecular complexity index is 765. The number of hydrogen-bond acceptors (Lipinski definition) is 6. The first-order chi connectivity index (χ1) is 12.4. The normalized spacial score (nSPS) is 12.7. The summed E-state index contributed by atoms with van der Waals surface area (Å²) >= 11 is 0. The van der Waals surface area contributed by atoms with Crippen LogP contribution in [0.4, 0.5) is 16.3 Å². The predicted octanol–water partition coefficient (Wildman–Crippen LogP) is 2.27. The first-order valence-electron chi connectivity index (χ1n) is 8.14. The average Bonchev–Trinajstić information content (AvgIpc) is 2.60. The number of pyridine rings is 1. The topological polar surface area (TPSA) is 133 Å². The third-order valence-electron chi connectivity index (χ3n) is 3.54. The largest absolute Gasteiger partial charge is 0.475 e. The molecule has 1 aromatic heterocycles. The molecule has 6 N–H and O–H groups in total. The maximum atomic E-state index is 12.1. The summed E-state index contributed by atoms with van der Waals surface area (Å²) in [4.78, 5) is 16.2. The van der Waals surface area contributed by atoms with Crippen molar-refractivity contribution in [2.24, 2.45) is 0 Å². The Labute approximate surface area is 151 Å². The summed E-state index contributed by atoms with van der Waals surface area (Å²) in [5.74, 6) is 0.0666. The Morgan fingerprint density at radius 1 is 1.35 bits per heavy atom. The zero-order valence-corrected chi connectivity index (χ0v) is 14.7. The molecular weight excluding hydrogens is 334 g/mol. The summed E-state index contributed by atoms with van der Waals surface area (Å²) in [6.07, 6.45) is 0.649. The van der Waals surface area contributed by atoms with Crippen LogP contribution in [-0.4, -0.2) is 34.7 Å². The van der Waals surface area contributed by atoms with Crippen LogP contribution in [-0.2, 0) is 4.74 Å². The van der Waals surface area contributed by atoms with Crippen molar-refractivity contribution < 1.29 is 14.6 Å². The quantitative estimate of drug-likeness (QED) is 0.399. The zero-order valence-electron chi connectivity index (χ0n) is 14.7. The van der Waals surface area contributed by atoms with E-state index in [1.165, 1.54) is 12.3 Å². The molecule has 1 heterocycles. The molecule has 0 spiro atoms. The molecular formula is C18H23N5O3. The van der Waals surface area contributed by atoms with Crippen molar-refractivity contribution in [2.75, 3.05) is 17.7 Å². The van der Waals surface area contributed by atoms with Gasteiger partial charge in [0.25, 0.3) is 0 Å². The number of carbonyl (C=O) groups excluding carboxylic acids is 1. The van der Waals surface area contributed by atoms with Gasteiger partial charge < -0.3 is 20.9 Å². The van der Waals surface area contributed by atoms with Gasteiger partial charge in [-0.2, -0.15) is 0 Å². The number of urea groups is 1. The fourth-order valence-electron chi connectivity index (χ4n) is 2.18. The molecule has 0 fully saturated rings. The van der Waals surface area contributed by atoms with Gasteiger partial charge in [0.2, 0.25) is 5.90 Å². The molecule has 2 rings (SSSR count). The molecule has 8 nitrogen and oxygen atoms in total. The molecule has 2 aromatic rings. The van der Waals surface area contributed by atoms with Crippen molar-refractivity contribution in [1.29, 1.82) is 5.41 Å². The van der Waals surface area contributed by atoms with Gasteiger partial charge in [-0.05, 0) is 19.4 Å². The van der Waals surface area contributed by atoms with E-state index in [2.05, 4.69) is 15.6 Å². The fraction of sp³-hybridized carbons (Fsp3) is 0.278. The van der Waals surface area contributed by atoms with E-state index in [0.29, 0.717) is 0 Å². The highest BCUT2D eigenvalue weighted by Gasteiger charge is 2.13. The number of amides is 2. The molecule has 0 saturated carbocycles. The number of ether oxygens (including phenoxy) is 1. The second kappa shape index (κ2) is 8.82. The van der Waals surface area contributed by atoms with Crippen LogP contribution in [0, 0.1) is 5.41 Å². The molecule has 0 unspecified atom stereocenters. The van der Waals surface area contributed by atoms with Crippen molar-refractivity contribution in [1.82, 2.24) is 10.3 Å². The summed E-state index contributed by atoms with van der Waals surface area (Å²) in [7, 11) is 0. The highest BCUT2D eigenvalue weighted by molar-refractivity contribution is 5.97. The number of nitrogens with two attached hydrogens (primary N) is 1. The standard InChI is InChI=1S/C18H23N5O3/c1-11(24)10-26-17(20)14-9-21-16(8-15(14)19)23-18(25)22-12(2)13-6-4-3-5-7-13/h3-9,11-12,20,24H,10H2,1-2H3,(H4,19,21,22,23,25)/t11-,12+/m0/s1. The fourth-order valence-corrected chi connectivity index (χ4v) is 2.18. The highest BCUT2D eigenvalue weighted by Crippen LogP contribution is 2.17. The number of aromatic nitrogens is 1. The maximum Gasteiger partial charge on any atom is 0.320 e. The molecule has 0 radical (unpaired) electrons. The van der Waals surface area contributed by atoms with Crippen molar-refractivity contribution in [3.05, 3.63) is 53.7 Å². The van der Waals surface area contributed by atoms with Crippen LogP contribution >= 0.6 is 0 Å². The molecule has 0 aliphatic rings. The lowest BCUT2D eigenvalue weighted by Crippen LogP contribution is -2.31. The lowest BCUT2D eigenvalue weighted by atomic mass is 10.1. The van der Waals surface area contributed by atoms with Crippen molar-refractivity contribution in [3.63, 3.8) is 0 Å². The summed E-state index contributed by atoms with van der Waals surface area (Å²) in [5.41, 5.74) is 7.41. The predicted molar refractivity (Wildman–Crippen MR) is 100 cm³/mol. The maximum absolute atomic E-state index is 12.1. The van der Waals surface area contributed by atoms with E-state index >= 15 is 0 Å². The summed E-state index contributed by atoms with van der Waals surface area (Å²) in [6, 6.07) is 10.4. The van der Waals surface area contributed by atoms with Crippen LogP contribution in [0.25, 0.3) is 0 Å². The van der Waals surface area contributed by atoms with Gasteiger partial charge in [0.15, 0.2) is 0 Å². The Hall–Kier alpha value is -3.13. The van der Waals surface area contributed by atoms with E-state index in [-0.39, 0.29) is 35.6 Å². The molecule has 138 valence electrons. The Morgan fingerprint density at radius 3 is 2.65 bits per heavy atom. The summed E-state index contributed by atoms with van der Waals surface area (Å²) in [5, 5.41) is 22.4. The lowest BCUT2D eigenvalue weighted by molar-refractivity contribution is 0.116. The van der Waals surface area contributed by atoms with Crippen molar-refractivity contribution in [3.8, 4) is 0 Å². The van der Waals surface area contributed by atoms with Gasteiger partial charge in [-0.3, -0.25) is 10.7 Å². The Balaban J connectivity index is 1.96. The smallest absolute Gasteiger partial charge is 0.320 e. The lowest BCUT2D eigenvalue weighted by Gasteiger charge is -2.15. The van der Waals surface area contributed by atoms with Crippen molar-refractivity contribution in [2.45, 2.75) is 26.0 Å². The second-order valence-corrected chi connectivity index (χ2v) is 5.88. The van der Waals surface area contributed by atoms with Crippen LogP contribution in [0.2, 0.25) is 0 Å². The van der Waals surface area contributed by atoms with E-state index in [0.717, 1.165) is 5.56 Å². The number of benzene rings is 1. The summed E-state index contributed by atoms with van der Waals surface area (Å²) in [6.45, 7) is 3.41. The van der Waals surface area contributed by atoms with E-state index in [1.54, 1.807) is 6.92 Å². The third-order valence-corrected chi connectivity index (χ3v) is 3.54. The Morgan fingerprint density at radius 2 is 2.04 bits per heavy atom. The molecule has 1 aromatic carbocycles. The number of aliphatic hydroxyl groups is 1. The van der Waals surface area contributed by atoms with E-state index in [9.17, 15) is 9.90 Å². The number of nitrogens with zero attached hydrogens (tertiary/aromatic N) is 1. The van der Waals surface area contributed by atoms with Crippen LogP contribution in [0.5, 0.6) is 0 Å². The van der Waals surface area contributed by atoms with Gasteiger partial charge in [-0.1, -0.05) is 30.3 Å². The minimum absolute atomic E-state index is 0.0158. The number of nitrogens with one attached hydrogen (secondary N) is 3. The third kappa shape index (κ3) is 5.45. The first kappa shape index (κ1) is 19.2. The molecule has 8 heteroatoms. The molecule has 0 aliphatic carbocycles. The molecule has 0 bridgehead atoms. The van der Waals surface area contributed by atoms with Gasteiger partial charge in [0.05, 0.1) is 17.7 Å². The number of nitrogen functional groups attached to an aromatic ring is 1. The zero-order chi connectivity index (χ0) is 19.1. The van der Waals surface area contributed by atoms with Gasteiger partial charge in [-0.15, -0.1) is 0 Å².